The maximum Gasteiger partial charge on any atom is 0.356 e. The highest BCUT2D eigenvalue weighted by molar-refractivity contribution is 6.32. The molecule has 0 bridgehead atoms. The first-order valence-corrected chi connectivity index (χ1v) is 8.91. The van der Waals surface area contributed by atoms with Gasteiger partial charge in [-0.3, -0.25) is 14.4 Å². The van der Waals surface area contributed by atoms with E-state index in [1.807, 2.05) is 6.92 Å². The predicted molar refractivity (Wildman–Crippen MR) is 101 cm³/mol. The van der Waals surface area contributed by atoms with E-state index in [1.165, 1.54) is 19.0 Å². The Hall–Kier alpha value is -3.00. The van der Waals surface area contributed by atoms with Crippen molar-refractivity contribution < 1.29 is 23.9 Å². The molecule has 2 aliphatic rings. The van der Waals surface area contributed by atoms with Crippen LogP contribution in [0.4, 0.5) is 5.69 Å². The van der Waals surface area contributed by atoms with Crippen molar-refractivity contribution in [3.63, 3.8) is 0 Å². The monoisotopic (exact) mass is 385 g/mol. The number of hydrogen-bond donors (Lipinski definition) is 1. The second-order valence-corrected chi connectivity index (χ2v) is 7.67. The molecular weight excluding hydrogens is 362 g/mol. The molecule has 148 valence electrons. The Morgan fingerprint density at radius 1 is 1.18 bits per heavy atom. The minimum absolute atomic E-state index is 0.0362. The Kier molecular flexibility index (Phi) is 4.84. The lowest BCUT2D eigenvalue weighted by atomic mass is 9.95. The zero-order valence-corrected chi connectivity index (χ0v) is 16.5. The van der Waals surface area contributed by atoms with Gasteiger partial charge in [0.15, 0.2) is 0 Å². The highest BCUT2D eigenvalue weighted by Crippen LogP contribution is 2.38. The molecule has 0 saturated carbocycles. The largest absolute Gasteiger partial charge is 0.464 e. The number of ether oxygens (including phenoxy) is 1. The molecule has 8 heteroatoms. The summed E-state index contributed by atoms with van der Waals surface area (Å²) in [5, 5.41) is 1.50. The van der Waals surface area contributed by atoms with Gasteiger partial charge in [-0.15, -0.1) is 0 Å². The summed E-state index contributed by atoms with van der Waals surface area (Å²) in [6, 6.07) is 5.95. The Morgan fingerprint density at radius 3 is 2.32 bits per heavy atom. The second kappa shape index (κ2) is 6.87. The van der Waals surface area contributed by atoms with Crippen LogP contribution < -0.4 is 10.3 Å². The van der Waals surface area contributed by atoms with Crippen molar-refractivity contribution in [3.8, 4) is 0 Å². The van der Waals surface area contributed by atoms with Gasteiger partial charge in [0.1, 0.15) is 17.5 Å². The van der Waals surface area contributed by atoms with Crippen LogP contribution in [0.15, 0.2) is 35.5 Å². The number of carbonyl (C=O) groups is 4. The number of hydrazine groups is 1. The Balaban J connectivity index is 2.09. The van der Waals surface area contributed by atoms with E-state index in [9.17, 15) is 19.2 Å². The molecule has 2 aliphatic heterocycles. The van der Waals surface area contributed by atoms with E-state index < -0.39 is 29.4 Å². The molecule has 28 heavy (non-hydrogen) atoms. The van der Waals surface area contributed by atoms with Crippen LogP contribution in [-0.4, -0.2) is 47.3 Å². The Bertz CT molecular complexity index is 901. The number of methoxy groups -OCH3 is 1. The third kappa shape index (κ3) is 3.09. The third-order valence-corrected chi connectivity index (χ3v) is 4.94. The first-order chi connectivity index (χ1) is 13.1. The first-order valence-electron chi connectivity index (χ1n) is 8.91. The molecule has 1 aromatic rings. The van der Waals surface area contributed by atoms with Crippen molar-refractivity contribution in [1.29, 1.82) is 0 Å². The predicted octanol–water partition coefficient (Wildman–Crippen LogP) is 1.24. The van der Waals surface area contributed by atoms with Crippen LogP contribution in [0.1, 0.15) is 32.8 Å². The summed E-state index contributed by atoms with van der Waals surface area (Å²) in [6.45, 7) is 6.89. The number of anilines is 1. The molecule has 1 atom stereocenters. The van der Waals surface area contributed by atoms with Crippen LogP contribution >= 0.6 is 0 Å². The lowest BCUT2D eigenvalue weighted by Gasteiger charge is -2.38. The van der Waals surface area contributed by atoms with Gasteiger partial charge in [-0.25, -0.2) is 14.7 Å². The van der Waals surface area contributed by atoms with Gasteiger partial charge in [0.05, 0.1) is 18.4 Å². The standard InChI is InChI=1S/C20H23N3O5/c1-11-6-8-13(9-7-11)22-17(25)14-15(19(27)28-5)21-23(16(14)18(22)26)20(3,4)10-12(2)24/h6-9,16,21H,10H2,1-5H3/t16-/m1/s1. The number of fused-ring (bicyclic) bond motifs is 1. The second-order valence-electron chi connectivity index (χ2n) is 7.67. The van der Waals surface area contributed by atoms with Crippen LogP contribution in [0.5, 0.6) is 0 Å². The van der Waals surface area contributed by atoms with Crippen LogP contribution in [0.25, 0.3) is 0 Å². The van der Waals surface area contributed by atoms with E-state index in [-0.39, 0.29) is 23.5 Å². The van der Waals surface area contributed by atoms with Crippen molar-refractivity contribution in [3.05, 3.63) is 41.1 Å². The van der Waals surface area contributed by atoms with Gasteiger partial charge in [-0.2, -0.15) is 0 Å². The summed E-state index contributed by atoms with van der Waals surface area (Å²) < 4.78 is 4.79. The molecule has 2 heterocycles. The van der Waals surface area contributed by atoms with Gasteiger partial charge in [0.25, 0.3) is 11.8 Å². The average Bonchev–Trinajstić information content (AvgIpc) is 3.13. The minimum atomic E-state index is -1.02. The van der Waals surface area contributed by atoms with Crippen molar-refractivity contribution in [2.75, 3.05) is 12.0 Å². The van der Waals surface area contributed by atoms with E-state index in [2.05, 4.69) is 5.43 Å². The fraction of sp³-hybridized carbons (Fsp3) is 0.400. The van der Waals surface area contributed by atoms with Gasteiger partial charge in [0, 0.05) is 12.0 Å². The summed E-state index contributed by atoms with van der Waals surface area (Å²) in [5.41, 5.74) is 3.41. The normalized spacial score (nSPS) is 19.8. The highest BCUT2D eigenvalue weighted by Gasteiger charge is 2.57. The van der Waals surface area contributed by atoms with E-state index >= 15 is 0 Å². The number of aryl methyl sites for hydroxylation is 1. The molecule has 8 nitrogen and oxygen atoms in total. The van der Waals surface area contributed by atoms with Gasteiger partial charge in [-0.1, -0.05) is 17.7 Å². The van der Waals surface area contributed by atoms with Crippen LogP contribution in [-0.2, 0) is 23.9 Å². The molecule has 0 radical (unpaired) electrons. The summed E-state index contributed by atoms with van der Waals surface area (Å²) in [4.78, 5) is 51.4. The fourth-order valence-electron chi connectivity index (χ4n) is 3.70. The molecule has 1 aromatic carbocycles. The van der Waals surface area contributed by atoms with Gasteiger partial charge >= 0.3 is 5.97 Å². The number of ketones is 1. The first kappa shape index (κ1) is 19.8. The SMILES string of the molecule is COC(=O)C1=C2C(=O)N(c3ccc(C)cc3)C(=O)[C@@H]2N(C(C)(C)CC(C)=O)N1. The smallest absolute Gasteiger partial charge is 0.356 e. The van der Waals surface area contributed by atoms with Crippen molar-refractivity contribution in [1.82, 2.24) is 10.4 Å². The Labute approximate surface area is 163 Å². The van der Waals surface area contributed by atoms with Crippen LogP contribution in [0, 0.1) is 6.92 Å². The number of nitrogens with one attached hydrogen (secondary N) is 1. The maximum absolute atomic E-state index is 13.2. The third-order valence-electron chi connectivity index (χ3n) is 4.94. The number of esters is 1. The number of carbonyl (C=O) groups excluding carboxylic acids is 4. The molecule has 0 spiro atoms. The number of benzene rings is 1. The van der Waals surface area contributed by atoms with Gasteiger partial charge < -0.3 is 10.2 Å². The lowest BCUT2D eigenvalue weighted by molar-refractivity contribution is -0.138. The molecule has 0 aliphatic carbocycles. The number of Topliss-reactive ketones (excluding diaryl/α,β-unsaturated/α-hetero) is 1. The molecule has 3 rings (SSSR count). The molecule has 0 aromatic heterocycles. The van der Waals surface area contributed by atoms with E-state index in [4.69, 9.17) is 4.74 Å². The molecule has 1 saturated heterocycles. The molecule has 1 N–H and O–H groups in total. The van der Waals surface area contributed by atoms with Crippen molar-refractivity contribution >= 4 is 29.3 Å². The number of imide groups is 1. The van der Waals surface area contributed by atoms with E-state index in [0.717, 1.165) is 10.5 Å². The quantitative estimate of drug-likeness (QED) is 0.602. The summed E-state index contributed by atoms with van der Waals surface area (Å²) >= 11 is 0. The van der Waals surface area contributed by atoms with Gasteiger partial charge in [-0.05, 0) is 39.8 Å². The lowest BCUT2D eigenvalue weighted by Crippen LogP contribution is -2.57. The summed E-state index contributed by atoms with van der Waals surface area (Å²) in [6.07, 6.45) is 0.129. The maximum atomic E-state index is 13.2. The number of hydrogen-bond acceptors (Lipinski definition) is 7. The Morgan fingerprint density at radius 2 is 1.79 bits per heavy atom. The highest BCUT2D eigenvalue weighted by atomic mass is 16.5. The van der Waals surface area contributed by atoms with Gasteiger partial charge in [0.2, 0.25) is 0 Å². The van der Waals surface area contributed by atoms with Crippen molar-refractivity contribution in [2.45, 2.75) is 45.7 Å². The molecule has 0 unspecified atom stereocenters. The van der Waals surface area contributed by atoms with Crippen LogP contribution in [0.2, 0.25) is 0 Å². The average molecular weight is 385 g/mol. The van der Waals surface area contributed by atoms with Crippen LogP contribution in [0.3, 0.4) is 0 Å². The summed E-state index contributed by atoms with van der Waals surface area (Å²) in [7, 11) is 1.20. The fourth-order valence-corrected chi connectivity index (χ4v) is 3.70. The summed E-state index contributed by atoms with van der Waals surface area (Å²) in [5.74, 6) is -1.88. The number of nitrogens with zero attached hydrogens (tertiary/aromatic N) is 2. The zero-order valence-electron chi connectivity index (χ0n) is 16.5. The molecular formula is C20H23N3O5. The molecule has 2 amide bonds. The zero-order chi connectivity index (χ0) is 20.8. The van der Waals surface area contributed by atoms with Crippen molar-refractivity contribution in [2.24, 2.45) is 0 Å². The van der Waals surface area contributed by atoms with E-state index in [1.54, 1.807) is 38.1 Å². The number of rotatable bonds is 5. The minimum Gasteiger partial charge on any atom is -0.464 e. The molecule has 1 fully saturated rings. The van der Waals surface area contributed by atoms with E-state index in [0.29, 0.717) is 5.69 Å². The number of amides is 2. The topological polar surface area (TPSA) is 96.0 Å².